The number of hydrogen-bond donors (Lipinski definition) is 2. The fraction of sp³-hybridized carbons (Fsp3) is 0.455. The average molecular weight is 280 g/mol. The van der Waals surface area contributed by atoms with Crippen molar-refractivity contribution in [1.29, 1.82) is 0 Å². The van der Waals surface area contributed by atoms with Gasteiger partial charge in [-0.15, -0.1) is 0 Å². The van der Waals surface area contributed by atoms with Crippen molar-refractivity contribution in [2.45, 2.75) is 18.8 Å². The lowest BCUT2D eigenvalue weighted by molar-refractivity contribution is -0.0521. The van der Waals surface area contributed by atoms with Crippen LogP contribution in [0.2, 0.25) is 0 Å². The van der Waals surface area contributed by atoms with E-state index in [1.165, 1.54) is 0 Å². The highest BCUT2D eigenvalue weighted by molar-refractivity contribution is 7.99. The number of nitrogens with one attached hydrogen (secondary N) is 1. The van der Waals surface area contributed by atoms with Crippen LogP contribution in [0, 0.1) is 5.82 Å². The zero-order valence-corrected chi connectivity index (χ0v) is 10.9. The van der Waals surface area contributed by atoms with E-state index in [1.54, 1.807) is 11.8 Å². The molecule has 0 aliphatic carbocycles. The summed E-state index contributed by atoms with van der Waals surface area (Å²) in [5.74, 6) is -1.42. The van der Waals surface area contributed by atoms with Gasteiger partial charge in [-0.25, -0.2) is 4.39 Å². The summed E-state index contributed by atoms with van der Waals surface area (Å²) in [6.07, 6.45) is 1.95. The molecule has 0 fully saturated rings. The molecule has 3 nitrogen and oxygen atoms in total. The van der Waals surface area contributed by atoms with E-state index in [2.05, 4.69) is 10.1 Å². The van der Waals surface area contributed by atoms with E-state index in [1.807, 2.05) is 13.2 Å². The number of rotatable bonds is 6. The number of anilines is 2. The van der Waals surface area contributed by atoms with Crippen molar-refractivity contribution < 1.29 is 17.9 Å². The van der Waals surface area contributed by atoms with Crippen LogP contribution in [0.25, 0.3) is 0 Å². The van der Waals surface area contributed by atoms with Gasteiger partial charge in [0.1, 0.15) is 0 Å². The minimum Gasteiger partial charge on any atom is -0.432 e. The summed E-state index contributed by atoms with van der Waals surface area (Å²) in [6, 6.07) is 2.10. The molecule has 1 rings (SSSR count). The minimum atomic E-state index is -3.07. The van der Waals surface area contributed by atoms with E-state index in [0.717, 1.165) is 12.1 Å². The minimum absolute atomic E-state index is 0.155. The molecule has 0 aliphatic heterocycles. The second-order valence-corrected chi connectivity index (χ2v) is 4.95. The maximum Gasteiger partial charge on any atom is 0.387 e. The predicted octanol–water partition coefficient (Wildman–Crippen LogP) is 3.17. The van der Waals surface area contributed by atoms with Crippen LogP contribution in [0.4, 0.5) is 24.5 Å². The van der Waals surface area contributed by atoms with Gasteiger partial charge in [0.2, 0.25) is 0 Å². The topological polar surface area (TPSA) is 47.3 Å². The molecule has 0 saturated carbocycles. The molecule has 0 spiro atoms. The van der Waals surface area contributed by atoms with Gasteiger partial charge in [-0.2, -0.15) is 20.5 Å². The molecule has 1 aromatic carbocycles. The summed E-state index contributed by atoms with van der Waals surface area (Å²) >= 11 is 1.64. The molecule has 7 heteroatoms. The van der Waals surface area contributed by atoms with Gasteiger partial charge in [0.15, 0.2) is 11.6 Å². The van der Waals surface area contributed by atoms with Gasteiger partial charge < -0.3 is 15.8 Å². The monoisotopic (exact) mass is 280 g/mol. The van der Waals surface area contributed by atoms with E-state index in [9.17, 15) is 13.2 Å². The van der Waals surface area contributed by atoms with Crippen molar-refractivity contribution in [1.82, 2.24) is 0 Å². The standard InChI is InChI=1S/C11H15F3N2OS/c1-6(18-2)5-16-9-4-10(17-11(13)14)7(12)3-8(9)15/h3-4,6,11,16H,5,15H2,1-2H3. The SMILES string of the molecule is CSC(C)CNc1cc(OC(F)F)c(F)cc1N. The molecule has 18 heavy (non-hydrogen) atoms. The summed E-state index contributed by atoms with van der Waals surface area (Å²) in [6.45, 7) is -0.486. The first-order chi connectivity index (χ1) is 8.43. The number of alkyl halides is 2. The number of thioether (sulfide) groups is 1. The third-order valence-electron chi connectivity index (χ3n) is 2.30. The zero-order chi connectivity index (χ0) is 13.7. The number of benzene rings is 1. The summed E-state index contributed by atoms with van der Waals surface area (Å²) in [7, 11) is 0. The molecule has 102 valence electrons. The molecule has 0 saturated heterocycles. The first-order valence-corrected chi connectivity index (χ1v) is 6.53. The summed E-state index contributed by atoms with van der Waals surface area (Å²) in [5, 5.41) is 3.28. The lowest BCUT2D eigenvalue weighted by Gasteiger charge is -2.15. The summed E-state index contributed by atoms with van der Waals surface area (Å²) < 4.78 is 41.5. The highest BCUT2D eigenvalue weighted by Gasteiger charge is 2.13. The molecule has 0 radical (unpaired) electrons. The van der Waals surface area contributed by atoms with Crippen molar-refractivity contribution in [2.24, 2.45) is 0 Å². The molecule has 0 bridgehead atoms. The lowest BCUT2D eigenvalue weighted by atomic mass is 10.2. The van der Waals surface area contributed by atoms with Crippen molar-refractivity contribution >= 4 is 23.1 Å². The van der Waals surface area contributed by atoms with Crippen molar-refractivity contribution in [3.63, 3.8) is 0 Å². The Balaban J connectivity index is 2.84. The molecule has 3 N–H and O–H groups in total. The fourth-order valence-electron chi connectivity index (χ4n) is 1.25. The maximum atomic E-state index is 13.3. The number of hydrogen-bond acceptors (Lipinski definition) is 4. The normalized spacial score (nSPS) is 12.6. The first-order valence-electron chi connectivity index (χ1n) is 5.24. The molecule has 0 aliphatic rings. The largest absolute Gasteiger partial charge is 0.432 e. The second-order valence-electron chi connectivity index (χ2n) is 3.68. The van der Waals surface area contributed by atoms with Crippen LogP contribution < -0.4 is 15.8 Å². The summed E-state index contributed by atoms with van der Waals surface area (Å²) in [4.78, 5) is 0. The summed E-state index contributed by atoms with van der Waals surface area (Å²) in [5.41, 5.74) is 6.13. The van der Waals surface area contributed by atoms with E-state index < -0.39 is 18.2 Å². The smallest absolute Gasteiger partial charge is 0.387 e. The third-order valence-corrected chi connectivity index (χ3v) is 3.27. The van der Waals surface area contributed by atoms with Crippen LogP contribution in [0.1, 0.15) is 6.92 Å². The van der Waals surface area contributed by atoms with Crippen molar-refractivity contribution in [3.8, 4) is 5.75 Å². The third kappa shape index (κ3) is 4.21. The number of halogens is 3. The Morgan fingerprint density at radius 2 is 2.11 bits per heavy atom. The van der Waals surface area contributed by atoms with Crippen LogP contribution in [-0.2, 0) is 0 Å². The van der Waals surface area contributed by atoms with E-state index in [0.29, 0.717) is 17.5 Å². The van der Waals surface area contributed by atoms with Gasteiger partial charge in [-0.3, -0.25) is 0 Å². The zero-order valence-electron chi connectivity index (χ0n) is 10.0. The molecule has 0 aromatic heterocycles. The maximum absolute atomic E-state index is 13.3. The number of nitrogens with two attached hydrogens (primary N) is 1. The van der Waals surface area contributed by atoms with Crippen LogP contribution in [-0.4, -0.2) is 24.7 Å². The van der Waals surface area contributed by atoms with Gasteiger partial charge in [-0.1, -0.05) is 6.92 Å². The quantitative estimate of drug-likeness (QED) is 0.786. The van der Waals surface area contributed by atoms with Crippen molar-refractivity contribution in [2.75, 3.05) is 23.9 Å². The molecule has 1 aromatic rings. The highest BCUT2D eigenvalue weighted by Crippen LogP contribution is 2.29. The first kappa shape index (κ1) is 14.8. The van der Waals surface area contributed by atoms with Crippen molar-refractivity contribution in [3.05, 3.63) is 17.9 Å². The Bertz CT molecular complexity index is 404. The fourth-order valence-corrected chi connectivity index (χ4v) is 1.50. The van der Waals surface area contributed by atoms with Crippen LogP contribution in [0.3, 0.4) is 0 Å². The lowest BCUT2D eigenvalue weighted by Crippen LogP contribution is -2.14. The van der Waals surface area contributed by atoms with E-state index in [-0.39, 0.29) is 5.69 Å². The number of ether oxygens (including phenoxy) is 1. The predicted molar refractivity (Wildman–Crippen MR) is 68.9 cm³/mol. The highest BCUT2D eigenvalue weighted by atomic mass is 32.2. The molecule has 1 unspecified atom stereocenters. The Labute approximate surface area is 108 Å². The van der Waals surface area contributed by atoms with Gasteiger partial charge in [-0.05, 0) is 6.26 Å². The van der Waals surface area contributed by atoms with E-state index >= 15 is 0 Å². The van der Waals surface area contributed by atoms with Gasteiger partial charge in [0.25, 0.3) is 0 Å². The van der Waals surface area contributed by atoms with Gasteiger partial charge >= 0.3 is 6.61 Å². The Morgan fingerprint density at radius 1 is 1.44 bits per heavy atom. The Kier molecular flexibility index (Phi) is 5.46. The van der Waals surface area contributed by atoms with Gasteiger partial charge in [0.05, 0.1) is 11.4 Å². The molecule has 0 amide bonds. The van der Waals surface area contributed by atoms with Gasteiger partial charge in [0, 0.05) is 23.9 Å². The molecular weight excluding hydrogens is 265 g/mol. The Hall–Kier alpha value is -1.24. The number of nitrogen functional groups attached to an aromatic ring is 1. The average Bonchev–Trinajstić information content (AvgIpc) is 2.30. The van der Waals surface area contributed by atoms with Crippen LogP contribution in [0.15, 0.2) is 12.1 Å². The van der Waals surface area contributed by atoms with Crippen LogP contribution in [0.5, 0.6) is 5.75 Å². The molecule has 0 heterocycles. The Morgan fingerprint density at radius 3 is 2.67 bits per heavy atom. The molecular formula is C11H15F3N2OS. The van der Waals surface area contributed by atoms with E-state index in [4.69, 9.17) is 5.73 Å². The van der Waals surface area contributed by atoms with Crippen LogP contribution >= 0.6 is 11.8 Å². The second kappa shape index (κ2) is 6.63. The molecule has 1 atom stereocenters.